The smallest absolute Gasteiger partial charge is 0.235 e. The summed E-state index contributed by atoms with van der Waals surface area (Å²) in [7, 11) is -1.95. The molecule has 1 atom stereocenters. The summed E-state index contributed by atoms with van der Waals surface area (Å²) in [4.78, 5) is 0. The highest BCUT2D eigenvalue weighted by Crippen LogP contribution is 2.24. The van der Waals surface area contributed by atoms with Crippen molar-refractivity contribution in [3.8, 4) is 0 Å². The van der Waals surface area contributed by atoms with Gasteiger partial charge in [0.25, 0.3) is 0 Å². The molecule has 0 unspecified atom stereocenters. The van der Waals surface area contributed by atoms with Gasteiger partial charge >= 0.3 is 0 Å². The van der Waals surface area contributed by atoms with Gasteiger partial charge in [0, 0.05) is 31.0 Å². The van der Waals surface area contributed by atoms with E-state index in [0.29, 0.717) is 23.9 Å². The molecule has 124 valence electrons. The van der Waals surface area contributed by atoms with Crippen LogP contribution in [0.1, 0.15) is 18.4 Å². The van der Waals surface area contributed by atoms with Crippen LogP contribution in [-0.4, -0.2) is 40.6 Å². The molecular weight excluding hydrogens is 326 g/mol. The van der Waals surface area contributed by atoms with Crippen LogP contribution in [0.15, 0.2) is 18.2 Å². The third-order valence-electron chi connectivity index (χ3n) is 3.92. The zero-order chi connectivity index (χ0) is 16.2. The standard InChI is InChI=1S/C15H22ClNO4S/c1-11-3-4-13(9-14(11)16)17-22(18,19)10-15(20-2)12-5-7-21-8-6-12/h3-4,9,12,15,17H,5-8,10H2,1-2H3/t15-/m0/s1. The van der Waals surface area contributed by atoms with E-state index in [2.05, 4.69) is 4.72 Å². The molecule has 1 aromatic rings. The molecule has 0 radical (unpaired) electrons. The highest BCUT2D eigenvalue weighted by molar-refractivity contribution is 7.92. The predicted molar refractivity (Wildman–Crippen MR) is 87.9 cm³/mol. The van der Waals surface area contributed by atoms with Crippen LogP contribution in [0.25, 0.3) is 0 Å². The number of rotatable bonds is 6. The topological polar surface area (TPSA) is 64.6 Å². The van der Waals surface area contributed by atoms with Crippen LogP contribution in [0.2, 0.25) is 5.02 Å². The SMILES string of the molecule is CO[C@@H](CS(=O)(=O)Nc1ccc(C)c(Cl)c1)C1CCOCC1. The van der Waals surface area contributed by atoms with E-state index in [4.69, 9.17) is 21.1 Å². The number of methoxy groups -OCH3 is 1. The van der Waals surface area contributed by atoms with E-state index in [1.807, 2.05) is 6.92 Å². The Labute approximate surface area is 137 Å². The van der Waals surface area contributed by atoms with Crippen molar-refractivity contribution in [2.75, 3.05) is 30.8 Å². The molecule has 1 fully saturated rings. The fourth-order valence-electron chi connectivity index (χ4n) is 2.58. The second kappa shape index (κ2) is 7.64. The minimum Gasteiger partial charge on any atom is -0.381 e. The largest absolute Gasteiger partial charge is 0.381 e. The molecule has 2 rings (SSSR count). The van der Waals surface area contributed by atoms with Crippen molar-refractivity contribution < 1.29 is 17.9 Å². The lowest BCUT2D eigenvalue weighted by molar-refractivity contribution is -0.00318. The Kier molecular flexibility index (Phi) is 6.09. The van der Waals surface area contributed by atoms with Crippen molar-refractivity contribution in [3.05, 3.63) is 28.8 Å². The lowest BCUT2D eigenvalue weighted by atomic mass is 9.95. The van der Waals surface area contributed by atoms with E-state index in [-0.39, 0.29) is 17.8 Å². The van der Waals surface area contributed by atoms with E-state index in [1.54, 1.807) is 25.3 Å². The molecule has 7 heteroatoms. The Bertz CT molecular complexity index is 600. The average Bonchev–Trinajstić information content (AvgIpc) is 2.49. The molecule has 0 amide bonds. The van der Waals surface area contributed by atoms with Crippen LogP contribution in [0, 0.1) is 12.8 Å². The fourth-order valence-corrected chi connectivity index (χ4v) is 4.17. The lowest BCUT2D eigenvalue weighted by Crippen LogP contribution is -2.36. The third kappa shape index (κ3) is 4.84. The van der Waals surface area contributed by atoms with Gasteiger partial charge < -0.3 is 9.47 Å². The lowest BCUT2D eigenvalue weighted by Gasteiger charge is -2.29. The van der Waals surface area contributed by atoms with Gasteiger partial charge in [-0.25, -0.2) is 8.42 Å². The molecule has 0 spiro atoms. The molecule has 0 saturated carbocycles. The highest BCUT2D eigenvalue weighted by Gasteiger charge is 2.28. The number of halogens is 1. The van der Waals surface area contributed by atoms with Gasteiger partial charge in [-0.15, -0.1) is 0 Å². The van der Waals surface area contributed by atoms with Crippen LogP contribution in [0.5, 0.6) is 0 Å². The monoisotopic (exact) mass is 347 g/mol. The predicted octanol–water partition coefficient (Wildman–Crippen LogP) is 2.83. The van der Waals surface area contributed by atoms with E-state index in [0.717, 1.165) is 18.4 Å². The maximum absolute atomic E-state index is 12.3. The van der Waals surface area contributed by atoms with Crippen molar-refractivity contribution in [1.29, 1.82) is 0 Å². The number of nitrogens with one attached hydrogen (secondary N) is 1. The Balaban J connectivity index is 2.03. The molecule has 1 aliphatic rings. The molecule has 0 aromatic heterocycles. The first-order valence-corrected chi connectivity index (χ1v) is 9.31. The maximum atomic E-state index is 12.3. The summed E-state index contributed by atoms with van der Waals surface area (Å²) in [6.07, 6.45) is 1.32. The maximum Gasteiger partial charge on any atom is 0.235 e. The zero-order valence-corrected chi connectivity index (χ0v) is 14.4. The molecule has 0 bridgehead atoms. The van der Waals surface area contributed by atoms with Crippen molar-refractivity contribution in [3.63, 3.8) is 0 Å². The fraction of sp³-hybridized carbons (Fsp3) is 0.600. The first kappa shape index (κ1) is 17.5. The molecule has 1 aliphatic heterocycles. The van der Waals surface area contributed by atoms with Gasteiger partial charge in [-0.3, -0.25) is 4.72 Å². The van der Waals surface area contributed by atoms with Gasteiger partial charge in [0.2, 0.25) is 10.0 Å². The van der Waals surface area contributed by atoms with E-state index in [9.17, 15) is 8.42 Å². The van der Waals surface area contributed by atoms with Gasteiger partial charge in [0.15, 0.2) is 0 Å². The Morgan fingerprint density at radius 1 is 1.41 bits per heavy atom. The van der Waals surface area contributed by atoms with E-state index in [1.165, 1.54) is 0 Å². The second-order valence-electron chi connectivity index (χ2n) is 5.57. The number of anilines is 1. The summed E-state index contributed by atoms with van der Waals surface area (Å²) in [6.45, 7) is 3.18. The summed E-state index contributed by atoms with van der Waals surface area (Å²) >= 11 is 6.02. The number of hydrogen-bond acceptors (Lipinski definition) is 4. The molecule has 1 heterocycles. The number of aryl methyl sites for hydroxylation is 1. The van der Waals surface area contributed by atoms with Crippen LogP contribution in [0.3, 0.4) is 0 Å². The Morgan fingerprint density at radius 2 is 2.09 bits per heavy atom. The van der Waals surface area contributed by atoms with E-state index >= 15 is 0 Å². The van der Waals surface area contributed by atoms with Gasteiger partial charge in [-0.1, -0.05) is 17.7 Å². The molecule has 22 heavy (non-hydrogen) atoms. The number of hydrogen-bond donors (Lipinski definition) is 1. The number of ether oxygens (including phenoxy) is 2. The number of benzene rings is 1. The number of sulfonamides is 1. The molecule has 0 aliphatic carbocycles. The summed E-state index contributed by atoms with van der Waals surface area (Å²) in [5, 5.41) is 0.535. The first-order valence-electron chi connectivity index (χ1n) is 7.28. The highest BCUT2D eigenvalue weighted by atomic mass is 35.5. The van der Waals surface area contributed by atoms with Crippen LogP contribution in [0.4, 0.5) is 5.69 Å². The second-order valence-corrected chi connectivity index (χ2v) is 7.75. The summed E-state index contributed by atoms with van der Waals surface area (Å²) in [5.74, 6) is 0.136. The van der Waals surface area contributed by atoms with Crippen molar-refractivity contribution in [2.45, 2.75) is 25.9 Å². The van der Waals surface area contributed by atoms with Crippen molar-refractivity contribution >= 4 is 27.3 Å². The normalized spacial score (nSPS) is 18.1. The average molecular weight is 348 g/mol. The third-order valence-corrected chi connectivity index (χ3v) is 5.64. The molecular formula is C15H22ClNO4S. The molecule has 1 saturated heterocycles. The van der Waals surface area contributed by atoms with Crippen LogP contribution >= 0.6 is 11.6 Å². The Hall–Kier alpha value is -0.820. The summed E-state index contributed by atoms with van der Waals surface area (Å²) in [5.41, 5.74) is 1.37. The Morgan fingerprint density at radius 3 is 2.68 bits per heavy atom. The summed E-state index contributed by atoms with van der Waals surface area (Å²) < 4.78 is 38.0. The van der Waals surface area contributed by atoms with Crippen molar-refractivity contribution in [1.82, 2.24) is 0 Å². The molecule has 1 N–H and O–H groups in total. The van der Waals surface area contributed by atoms with Gasteiger partial charge in [0.05, 0.1) is 11.9 Å². The van der Waals surface area contributed by atoms with Crippen molar-refractivity contribution in [2.24, 2.45) is 5.92 Å². The first-order chi connectivity index (χ1) is 10.4. The van der Waals surface area contributed by atoms with Crippen LogP contribution in [-0.2, 0) is 19.5 Å². The summed E-state index contributed by atoms with van der Waals surface area (Å²) in [6, 6.07) is 5.10. The van der Waals surface area contributed by atoms with Crippen LogP contribution < -0.4 is 4.72 Å². The minimum atomic E-state index is -3.50. The van der Waals surface area contributed by atoms with Gasteiger partial charge in [0.1, 0.15) is 0 Å². The quantitative estimate of drug-likeness (QED) is 0.859. The zero-order valence-electron chi connectivity index (χ0n) is 12.8. The molecule has 5 nitrogen and oxygen atoms in total. The van der Waals surface area contributed by atoms with Gasteiger partial charge in [-0.05, 0) is 43.4 Å². The van der Waals surface area contributed by atoms with Gasteiger partial charge in [-0.2, -0.15) is 0 Å². The molecule has 1 aromatic carbocycles. The van der Waals surface area contributed by atoms with E-state index < -0.39 is 10.0 Å². The minimum absolute atomic E-state index is 0.0698.